The average Bonchev–Trinajstić information content (AvgIpc) is 2.35. The summed E-state index contributed by atoms with van der Waals surface area (Å²) in [7, 11) is 0. The first-order valence-corrected chi connectivity index (χ1v) is 6.30. The van der Waals surface area contributed by atoms with Crippen LogP contribution in [0.15, 0.2) is 12.7 Å². The maximum atomic E-state index is 11.8. The van der Waals surface area contributed by atoms with Gasteiger partial charge in [0.2, 0.25) is 5.91 Å². The molecule has 3 heteroatoms. The highest BCUT2D eigenvalue weighted by atomic mass is 16.5. The van der Waals surface area contributed by atoms with Crippen molar-refractivity contribution in [2.75, 3.05) is 19.8 Å². The van der Waals surface area contributed by atoms with E-state index in [4.69, 9.17) is 4.74 Å². The fourth-order valence-corrected chi connectivity index (χ4v) is 2.29. The van der Waals surface area contributed by atoms with Gasteiger partial charge in [0.25, 0.3) is 0 Å². The zero-order chi connectivity index (χ0) is 11.8. The van der Waals surface area contributed by atoms with E-state index in [0.717, 1.165) is 12.8 Å². The van der Waals surface area contributed by atoms with Gasteiger partial charge in [0.1, 0.15) is 0 Å². The highest BCUT2D eigenvalue weighted by Crippen LogP contribution is 2.22. The summed E-state index contributed by atoms with van der Waals surface area (Å²) in [5.41, 5.74) is 0. The Labute approximate surface area is 98.5 Å². The van der Waals surface area contributed by atoms with Crippen LogP contribution in [0.1, 0.15) is 39.0 Å². The summed E-state index contributed by atoms with van der Waals surface area (Å²) in [4.78, 5) is 13.7. The molecule has 0 unspecified atom stereocenters. The number of hydrogen-bond acceptors (Lipinski definition) is 2. The van der Waals surface area contributed by atoms with E-state index in [2.05, 4.69) is 6.58 Å². The molecule has 1 aliphatic rings. The average molecular weight is 225 g/mol. The molecule has 0 spiro atoms. The smallest absolute Gasteiger partial charge is 0.246 e. The van der Waals surface area contributed by atoms with Gasteiger partial charge < -0.3 is 9.64 Å². The molecule has 0 aromatic carbocycles. The topological polar surface area (TPSA) is 29.5 Å². The van der Waals surface area contributed by atoms with Crippen LogP contribution in [-0.4, -0.2) is 36.6 Å². The normalized spacial score (nSPS) is 17.1. The van der Waals surface area contributed by atoms with Crippen molar-refractivity contribution in [3.8, 4) is 0 Å². The number of ether oxygens (including phenoxy) is 1. The second kappa shape index (κ2) is 7.44. The van der Waals surface area contributed by atoms with Crippen LogP contribution < -0.4 is 0 Å². The molecule has 0 radical (unpaired) electrons. The van der Waals surface area contributed by atoms with Crippen LogP contribution in [0.3, 0.4) is 0 Å². The number of carbonyl (C=O) groups excluding carboxylic acids is 1. The number of nitrogens with zero attached hydrogens (tertiary/aromatic N) is 1. The zero-order valence-corrected chi connectivity index (χ0v) is 10.3. The molecule has 0 atom stereocenters. The Hall–Kier alpha value is -0.830. The van der Waals surface area contributed by atoms with Gasteiger partial charge in [-0.1, -0.05) is 25.8 Å². The molecule has 1 fully saturated rings. The Bertz CT molecular complexity index is 222. The van der Waals surface area contributed by atoms with Crippen molar-refractivity contribution < 1.29 is 9.53 Å². The molecule has 0 aliphatic heterocycles. The summed E-state index contributed by atoms with van der Waals surface area (Å²) in [6.45, 7) is 7.58. The first-order chi connectivity index (χ1) is 7.79. The van der Waals surface area contributed by atoms with Gasteiger partial charge >= 0.3 is 0 Å². The molecule has 3 nitrogen and oxygen atoms in total. The zero-order valence-electron chi connectivity index (χ0n) is 10.3. The molecule has 0 N–H and O–H groups in total. The molecule has 0 saturated heterocycles. The van der Waals surface area contributed by atoms with Crippen molar-refractivity contribution in [2.24, 2.45) is 0 Å². The lowest BCUT2D eigenvalue weighted by Gasteiger charge is -2.33. The van der Waals surface area contributed by atoms with Crippen molar-refractivity contribution in [1.82, 2.24) is 4.90 Å². The van der Waals surface area contributed by atoms with Gasteiger partial charge in [-0.25, -0.2) is 0 Å². The Kier molecular flexibility index (Phi) is 6.16. The van der Waals surface area contributed by atoms with E-state index in [0.29, 0.717) is 25.8 Å². The van der Waals surface area contributed by atoms with Crippen molar-refractivity contribution in [3.63, 3.8) is 0 Å². The molecule has 0 heterocycles. The minimum Gasteiger partial charge on any atom is -0.380 e. The van der Waals surface area contributed by atoms with Gasteiger partial charge in [-0.05, 0) is 25.8 Å². The molecule has 1 saturated carbocycles. The van der Waals surface area contributed by atoms with E-state index in [-0.39, 0.29) is 5.91 Å². The quantitative estimate of drug-likeness (QED) is 0.513. The van der Waals surface area contributed by atoms with E-state index >= 15 is 0 Å². The lowest BCUT2D eigenvalue weighted by Crippen LogP contribution is -2.42. The fourth-order valence-electron chi connectivity index (χ4n) is 2.29. The predicted octanol–water partition coefficient (Wildman–Crippen LogP) is 2.37. The first kappa shape index (κ1) is 13.2. The summed E-state index contributed by atoms with van der Waals surface area (Å²) in [6.07, 6.45) is 7.45. The van der Waals surface area contributed by atoms with Gasteiger partial charge in [0.15, 0.2) is 0 Å². The maximum absolute atomic E-state index is 11.8. The third-order valence-corrected chi connectivity index (χ3v) is 3.15. The van der Waals surface area contributed by atoms with Gasteiger partial charge in [-0.3, -0.25) is 4.79 Å². The monoisotopic (exact) mass is 225 g/mol. The third-order valence-electron chi connectivity index (χ3n) is 3.15. The Balaban J connectivity index is 2.47. The lowest BCUT2D eigenvalue weighted by molar-refractivity contribution is -0.129. The standard InChI is InChI=1S/C13H23NO2/c1-3-13(15)14(10-11-16-4-2)12-8-6-5-7-9-12/h3,12H,1,4-11H2,2H3. The summed E-state index contributed by atoms with van der Waals surface area (Å²) in [5.74, 6) is 0.0478. The summed E-state index contributed by atoms with van der Waals surface area (Å²) in [6, 6.07) is 0.403. The highest BCUT2D eigenvalue weighted by molar-refractivity contribution is 5.87. The summed E-state index contributed by atoms with van der Waals surface area (Å²) < 4.78 is 5.32. The Morgan fingerprint density at radius 1 is 1.44 bits per heavy atom. The molecule has 0 bridgehead atoms. The van der Waals surface area contributed by atoms with Crippen molar-refractivity contribution >= 4 is 5.91 Å². The fraction of sp³-hybridized carbons (Fsp3) is 0.769. The molecule has 92 valence electrons. The molecular formula is C13H23NO2. The third kappa shape index (κ3) is 3.97. The maximum Gasteiger partial charge on any atom is 0.246 e. The largest absolute Gasteiger partial charge is 0.380 e. The van der Waals surface area contributed by atoms with Crippen LogP contribution in [0.5, 0.6) is 0 Å². The number of rotatable bonds is 6. The summed E-state index contributed by atoms with van der Waals surface area (Å²) >= 11 is 0. The number of hydrogen-bond donors (Lipinski definition) is 0. The molecule has 1 rings (SSSR count). The van der Waals surface area contributed by atoms with Crippen LogP contribution >= 0.6 is 0 Å². The molecule has 0 aromatic rings. The highest BCUT2D eigenvalue weighted by Gasteiger charge is 2.23. The predicted molar refractivity (Wildman–Crippen MR) is 65.3 cm³/mol. The van der Waals surface area contributed by atoms with Gasteiger partial charge in [0, 0.05) is 19.2 Å². The lowest BCUT2D eigenvalue weighted by atomic mass is 9.94. The van der Waals surface area contributed by atoms with Crippen molar-refractivity contribution in [3.05, 3.63) is 12.7 Å². The molecular weight excluding hydrogens is 202 g/mol. The van der Waals surface area contributed by atoms with Crippen molar-refractivity contribution in [1.29, 1.82) is 0 Å². The Morgan fingerprint density at radius 2 is 2.12 bits per heavy atom. The van der Waals surface area contributed by atoms with E-state index in [1.807, 2.05) is 11.8 Å². The van der Waals surface area contributed by atoms with Crippen LogP contribution in [0.25, 0.3) is 0 Å². The molecule has 1 amide bonds. The van der Waals surface area contributed by atoms with Crippen LogP contribution in [0.2, 0.25) is 0 Å². The number of carbonyl (C=O) groups is 1. The van der Waals surface area contributed by atoms with E-state index in [1.54, 1.807) is 0 Å². The van der Waals surface area contributed by atoms with Crippen LogP contribution in [0.4, 0.5) is 0 Å². The van der Waals surface area contributed by atoms with Gasteiger partial charge in [-0.2, -0.15) is 0 Å². The van der Waals surface area contributed by atoms with Crippen LogP contribution in [0, 0.1) is 0 Å². The molecule has 0 aromatic heterocycles. The van der Waals surface area contributed by atoms with E-state index in [1.165, 1.54) is 25.3 Å². The second-order valence-corrected chi connectivity index (χ2v) is 4.22. The minimum atomic E-state index is 0.0478. The minimum absolute atomic E-state index is 0.0478. The SMILES string of the molecule is C=CC(=O)N(CCOCC)C1CCCCC1. The summed E-state index contributed by atoms with van der Waals surface area (Å²) in [5, 5.41) is 0. The molecule has 1 aliphatic carbocycles. The van der Waals surface area contributed by atoms with Gasteiger partial charge in [-0.15, -0.1) is 0 Å². The number of amides is 1. The van der Waals surface area contributed by atoms with E-state index in [9.17, 15) is 4.79 Å². The van der Waals surface area contributed by atoms with E-state index < -0.39 is 0 Å². The van der Waals surface area contributed by atoms with Gasteiger partial charge in [0.05, 0.1) is 6.61 Å². The Morgan fingerprint density at radius 3 is 2.69 bits per heavy atom. The second-order valence-electron chi connectivity index (χ2n) is 4.22. The first-order valence-electron chi connectivity index (χ1n) is 6.30. The van der Waals surface area contributed by atoms with Crippen LogP contribution in [-0.2, 0) is 9.53 Å². The van der Waals surface area contributed by atoms with Crippen molar-refractivity contribution in [2.45, 2.75) is 45.1 Å². The molecule has 16 heavy (non-hydrogen) atoms.